The summed E-state index contributed by atoms with van der Waals surface area (Å²) < 4.78 is 21.8. The Labute approximate surface area is 190 Å². The highest BCUT2D eigenvalue weighted by atomic mass is 16.5. The Bertz CT molecular complexity index is 687. The fraction of sp³-hybridized carbons (Fsp3) is 0.652. The van der Waals surface area contributed by atoms with Gasteiger partial charge < -0.3 is 24.7 Å². The van der Waals surface area contributed by atoms with Crippen LogP contribution >= 0.6 is 0 Å². The number of fused-ring (bicyclic) bond motifs is 2. The third kappa shape index (κ3) is 8.64. The molecule has 0 saturated heterocycles. The lowest BCUT2D eigenvalue weighted by molar-refractivity contribution is -0.145. The van der Waals surface area contributed by atoms with Crippen molar-refractivity contribution in [3.63, 3.8) is 0 Å². The summed E-state index contributed by atoms with van der Waals surface area (Å²) >= 11 is 0. The number of carbonyl (C=O) groups is 2. The second-order valence-corrected chi connectivity index (χ2v) is 7.65. The average Bonchev–Trinajstić information content (AvgIpc) is 2.74. The van der Waals surface area contributed by atoms with E-state index in [1.165, 1.54) is 0 Å². The van der Waals surface area contributed by atoms with Crippen LogP contribution in [0.5, 0.6) is 5.75 Å². The quantitative estimate of drug-likeness (QED) is 0.482. The standard InChI is InChI=1S/C23H37N3O6/c1-4-31-21(27)16-25-8-6-18-14-20(24)15-19(23(18)29-3)7-9-26(11-13-30-12-10-25)17-22(28)32-5-2/h14-15H,4-13,16-17,24H2,1-3H3. The first-order chi connectivity index (χ1) is 15.5. The minimum atomic E-state index is -0.255. The molecule has 32 heavy (non-hydrogen) atoms. The number of rotatable bonds is 7. The number of nitrogens with zero attached hydrogens (tertiary/aromatic N) is 2. The first-order valence-electron chi connectivity index (χ1n) is 11.3. The predicted molar refractivity (Wildman–Crippen MR) is 122 cm³/mol. The molecular weight excluding hydrogens is 414 g/mol. The zero-order valence-electron chi connectivity index (χ0n) is 19.6. The van der Waals surface area contributed by atoms with Gasteiger partial charge in [-0.05, 0) is 49.9 Å². The molecule has 1 aromatic carbocycles. The molecule has 0 radical (unpaired) electrons. The largest absolute Gasteiger partial charge is 0.496 e. The molecule has 0 aromatic heterocycles. The molecule has 9 nitrogen and oxygen atoms in total. The van der Waals surface area contributed by atoms with Crippen LogP contribution in [-0.2, 0) is 36.6 Å². The predicted octanol–water partition coefficient (Wildman–Crippen LogP) is 1.12. The van der Waals surface area contributed by atoms with Crippen LogP contribution in [0, 0.1) is 0 Å². The molecule has 9 heteroatoms. The van der Waals surface area contributed by atoms with Gasteiger partial charge in [0.15, 0.2) is 0 Å². The van der Waals surface area contributed by atoms with E-state index in [1.54, 1.807) is 21.0 Å². The van der Waals surface area contributed by atoms with Crippen molar-refractivity contribution in [3.05, 3.63) is 23.3 Å². The number of carbonyl (C=O) groups excluding carboxylic acids is 2. The monoisotopic (exact) mass is 451 g/mol. The number of nitrogens with two attached hydrogens (primary N) is 1. The molecule has 0 aliphatic carbocycles. The zero-order valence-corrected chi connectivity index (χ0v) is 19.6. The van der Waals surface area contributed by atoms with Gasteiger partial charge in [0.05, 0.1) is 46.6 Å². The van der Waals surface area contributed by atoms with Gasteiger partial charge in [-0.25, -0.2) is 0 Å². The molecule has 1 aliphatic heterocycles. The lowest BCUT2D eigenvalue weighted by Gasteiger charge is -2.25. The number of esters is 2. The first-order valence-corrected chi connectivity index (χ1v) is 11.3. The molecule has 2 rings (SSSR count). The number of ether oxygens (including phenoxy) is 4. The van der Waals surface area contributed by atoms with Gasteiger partial charge in [-0.1, -0.05) is 0 Å². The van der Waals surface area contributed by atoms with Gasteiger partial charge in [-0.2, -0.15) is 0 Å². The molecule has 0 amide bonds. The lowest BCUT2D eigenvalue weighted by Crippen LogP contribution is -2.37. The van der Waals surface area contributed by atoms with Gasteiger partial charge in [-0.15, -0.1) is 0 Å². The Kier molecular flexibility index (Phi) is 11.3. The van der Waals surface area contributed by atoms with Crippen molar-refractivity contribution in [2.24, 2.45) is 0 Å². The van der Waals surface area contributed by atoms with Gasteiger partial charge in [0.1, 0.15) is 5.75 Å². The van der Waals surface area contributed by atoms with E-state index in [0.717, 1.165) is 16.9 Å². The van der Waals surface area contributed by atoms with E-state index in [2.05, 4.69) is 0 Å². The van der Waals surface area contributed by atoms with Crippen molar-refractivity contribution in [1.29, 1.82) is 0 Å². The van der Waals surface area contributed by atoms with Crippen LogP contribution in [0.4, 0.5) is 5.69 Å². The number of hydrogen-bond donors (Lipinski definition) is 1. The minimum Gasteiger partial charge on any atom is -0.496 e. The van der Waals surface area contributed by atoms with Crippen LogP contribution < -0.4 is 10.5 Å². The fourth-order valence-corrected chi connectivity index (χ4v) is 3.78. The van der Waals surface area contributed by atoms with Crippen LogP contribution in [-0.4, -0.2) is 94.5 Å². The molecule has 180 valence electrons. The zero-order chi connectivity index (χ0) is 23.3. The van der Waals surface area contributed by atoms with Crippen LogP contribution in [0.2, 0.25) is 0 Å². The van der Waals surface area contributed by atoms with Crippen molar-refractivity contribution >= 4 is 17.6 Å². The van der Waals surface area contributed by atoms with E-state index < -0.39 is 0 Å². The van der Waals surface area contributed by atoms with Gasteiger partial charge >= 0.3 is 11.9 Å². The van der Waals surface area contributed by atoms with E-state index >= 15 is 0 Å². The highest BCUT2D eigenvalue weighted by Crippen LogP contribution is 2.28. The highest BCUT2D eigenvalue weighted by molar-refractivity contribution is 5.72. The summed E-state index contributed by atoms with van der Waals surface area (Å²) in [4.78, 5) is 28.1. The van der Waals surface area contributed by atoms with E-state index in [0.29, 0.717) is 71.1 Å². The second-order valence-electron chi connectivity index (χ2n) is 7.65. The SMILES string of the molecule is CCOC(=O)CN1CCOCCN(CC(=O)OCC)CCc2cc(N)cc(c2OC)CC1. The molecule has 1 aromatic rings. The third-order valence-corrected chi connectivity index (χ3v) is 5.28. The molecule has 0 spiro atoms. The summed E-state index contributed by atoms with van der Waals surface area (Å²) in [6.45, 7) is 8.13. The molecular formula is C23H37N3O6. The maximum Gasteiger partial charge on any atom is 0.320 e. The van der Waals surface area contributed by atoms with E-state index in [1.807, 2.05) is 21.9 Å². The van der Waals surface area contributed by atoms with Gasteiger partial charge in [0.2, 0.25) is 0 Å². The average molecular weight is 452 g/mol. The van der Waals surface area contributed by atoms with Crippen molar-refractivity contribution in [1.82, 2.24) is 9.80 Å². The van der Waals surface area contributed by atoms with E-state index in [-0.39, 0.29) is 25.0 Å². The Morgan fingerprint density at radius 2 is 1.38 bits per heavy atom. The first kappa shape index (κ1) is 25.9. The summed E-state index contributed by atoms with van der Waals surface area (Å²) in [5.74, 6) is 0.295. The number of benzene rings is 1. The van der Waals surface area contributed by atoms with Crippen molar-refractivity contribution < 1.29 is 28.5 Å². The summed E-state index contributed by atoms with van der Waals surface area (Å²) in [5.41, 5.74) is 8.84. The van der Waals surface area contributed by atoms with Crippen LogP contribution in [0.3, 0.4) is 0 Å². The van der Waals surface area contributed by atoms with E-state index in [9.17, 15) is 9.59 Å². The normalized spacial score (nSPS) is 16.7. The van der Waals surface area contributed by atoms with Crippen LogP contribution in [0.1, 0.15) is 25.0 Å². The van der Waals surface area contributed by atoms with Crippen molar-refractivity contribution in [2.45, 2.75) is 26.7 Å². The molecule has 1 heterocycles. The summed E-state index contributed by atoms with van der Waals surface area (Å²) in [6.07, 6.45) is 1.35. The Hall–Kier alpha value is -2.36. The van der Waals surface area contributed by atoms with Gasteiger partial charge in [-0.3, -0.25) is 19.4 Å². The van der Waals surface area contributed by atoms with E-state index in [4.69, 9.17) is 24.7 Å². The number of methoxy groups -OCH3 is 1. The summed E-state index contributed by atoms with van der Waals surface area (Å²) in [5, 5.41) is 0. The highest BCUT2D eigenvalue weighted by Gasteiger charge is 2.18. The van der Waals surface area contributed by atoms with Crippen LogP contribution in [0.25, 0.3) is 0 Å². The van der Waals surface area contributed by atoms with Crippen LogP contribution in [0.15, 0.2) is 12.1 Å². The molecule has 0 atom stereocenters. The van der Waals surface area contributed by atoms with Crippen molar-refractivity contribution in [3.8, 4) is 5.75 Å². The van der Waals surface area contributed by atoms with Crippen molar-refractivity contribution in [2.75, 3.05) is 78.5 Å². The summed E-state index contributed by atoms with van der Waals surface area (Å²) in [7, 11) is 1.66. The number of hydrogen-bond acceptors (Lipinski definition) is 9. The minimum absolute atomic E-state index is 0.198. The molecule has 2 bridgehead atoms. The summed E-state index contributed by atoms with van der Waals surface area (Å²) in [6, 6.07) is 3.84. The lowest BCUT2D eigenvalue weighted by atomic mass is 10.0. The fourth-order valence-electron chi connectivity index (χ4n) is 3.78. The maximum atomic E-state index is 12.0. The molecule has 0 saturated carbocycles. The smallest absolute Gasteiger partial charge is 0.320 e. The number of nitrogen functional groups attached to an aromatic ring is 1. The number of anilines is 1. The maximum absolute atomic E-state index is 12.0. The van der Waals surface area contributed by atoms with Gasteiger partial charge in [0, 0.05) is 31.9 Å². The molecule has 2 N–H and O–H groups in total. The Balaban J connectivity index is 2.22. The Morgan fingerprint density at radius 3 is 1.78 bits per heavy atom. The molecule has 0 unspecified atom stereocenters. The molecule has 0 fully saturated rings. The third-order valence-electron chi connectivity index (χ3n) is 5.28. The topological polar surface area (TPSA) is 104 Å². The second kappa shape index (κ2) is 13.9. The molecule has 1 aliphatic rings. The van der Waals surface area contributed by atoms with Gasteiger partial charge in [0.25, 0.3) is 0 Å². The Morgan fingerprint density at radius 1 is 0.906 bits per heavy atom.